The zero-order valence-corrected chi connectivity index (χ0v) is 10.6. The lowest BCUT2D eigenvalue weighted by Gasteiger charge is -2.09. The number of halogens is 2. The zero-order valence-electron chi connectivity index (χ0n) is 10.6. The number of nitrogens with zero attached hydrogens (tertiary/aromatic N) is 4. The summed E-state index contributed by atoms with van der Waals surface area (Å²) in [5.74, 6) is -0.541. The second-order valence-corrected chi connectivity index (χ2v) is 4.36. The number of aryl methyl sites for hydroxylation is 1. The van der Waals surface area contributed by atoms with Crippen molar-refractivity contribution in [2.24, 2.45) is 0 Å². The third-order valence-corrected chi connectivity index (χ3v) is 2.84. The molecule has 0 aliphatic rings. The van der Waals surface area contributed by atoms with Crippen LogP contribution in [0.5, 0.6) is 0 Å². The van der Waals surface area contributed by atoms with Gasteiger partial charge in [0.2, 0.25) is 0 Å². The number of benzene rings is 1. The second-order valence-electron chi connectivity index (χ2n) is 4.36. The summed E-state index contributed by atoms with van der Waals surface area (Å²) in [6, 6.07) is 5.60. The molecule has 2 heterocycles. The molecule has 5 nitrogen and oxygen atoms in total. The summed E-state index contributed by atoms with van der Waals surface area (Å²) in [6.45, 7) is 2.19. The number of hydrogen-bond acceptors (Lipinski definition) is 4. The van der Waals surface area contributed by atoms with Crippen molar-refractivity contribution in [2.45, 2.75) is 13.5 Å². The molecule has 0 aliphatic carbocycles. The topological polar surface area (TPSA) is 55.1 Å². The number of nitrogens with one attached hydrogen (secondary N) is 1. The predicted octanol–water partition coefficient (Wildman–Crippen LogP) is 2.32. The smallest absolute Gasteiger partial charge is 0.254 e. The van der Waals surface area contributed by atoms with E-state index in [2.05, 4.69) is 20.4 Å². The Kier molecular flexibility index (Phi) is 3.02. The molecule has 0 bridgehead atoms. The highest BCUT2D eigenvalue weighted by Gasteiger charge is 2.06. The van der Waals surface area contributed by atoms with Gasteiger partial charge in [-0.25, -0.2) is 13.8 Å². The van der Waals surface area contributed by atoms with Crippen molar-refractivity contribution in [2.75, 3.05) is 5.32 Å². The van der Waals surface area contributed by atoms with Crippen LogP contribution in [0, 0.1) is 18.6 Å². The first-order valence-electron chi connectivity index (χ1n) is 5.98. The Morgan fingerprint density at radius 1 is 1.20 bits per heavy atom. The van der Waals surface area contributed by atoms with E-state index in [1.807, 2.05) is 13.0 Å². The molecular formula is C13H11F2N5. The molecule has 20 heavy (non-hydrogen) atoms. The van der Waals surface area contributed by atoms with Gasteiger partial charge < -0.3 is 5.32 Å². The summed E-state index contributed by atoms with van der Waals surface area (Å²) >= 11 is 0. The van der Waals surface area contributed by atoms with Gasteiger partial charge in [-0.1, -0.05) is 6.07 Å². The molecule has 0 saturated heterocycles. The fourth-order valence-corrected chi connectivity index (χ4v) is 1.90. The minimum atomic E-state index is -0.860. The van der Waals surface area contributed by atoms with Gasteiger partial charge in [-0.05, 0) is 24.6 Å². The summed E-state index contributed by atoms with van der Waals surface area (Å²) in [7, 11) is 0. The third kappa shape index (κ3) is 2.29. The molecule has 0 atom stereocenters. The van der Waals surface area contributed by atoms with Crippen LogP contribution in [0.4, 0.5) is 14.6 Å². The summed E-state index contributed by atoms with van der Waals surface area (Å²) in [5.41, 5.74) is 1.42. The zero-order chi connectivity index (χ0) is 14.1. The SMILES string of the molecule is Cc1cc(NCc2ccc(F)c(F)c2)n2ncnc2n1. The van der Waals surface area contributed by atoms with Gasteiger partial charge in [0.25, 0.3) is 5.78 Å². The Morgan fingerprint density at radius 2 is 2.05 bits per heavy atom. The average molecular weight is 275 g/mol. The highest BCUT2D eigenvalue weighted by molar-refractivity contribution is 5.45. The van der Waals surface area contributed by atoms with Gasteiger partial charge in [0, 0.05) is 18.3 Å². The lowest BCUT2D eigenvalue weighted by molar-refractivity contribution is 0.507. The molecule has 0 fully saturated rings. The maximum absolute atomic E-state index is 13.1. The number of fused-ring (bicyclic) bond motifs is 1. The number of rotatable bonds is 3. The quantitative estimate of drug-likeness (QED) is 0.797. The molecule has 3 aromatic rings. The number of hydrogen-bond donors (Lipinski definition) is 1. The van der Waals surface area contributed by atoms with Crippen LogP contribution in [0.1, 0.15) is 11.3 Å². The van der Waals surface area contributed by atoms with E-state index in [0.29, 0.717) is 23.7 Å². The highest BCUT2D eigenvalue weighted by atomic mass is 19.2. The Morgan fingerprint density at radius 3 is 2.85 bits per heavy atom. The molecule has 1 aromatic carbocycles. The summed E-state index contributed by atoms with van der Waals surface area (Å²) in [5, 5.41) is 7.16. The predicted molar refractivity (Wildman–Crippen MR) is 69.2 cm³/mol. The normalized spacial score (nSPS) is 10.9. The third-order valence-electron chi connectivity index (χ3n) is 2.84. The Balaban J connectivity index is 1.86. The minimum Gasteiger partial charge on any atom is -0.366 e. The molecule has 0 aliphatic heterocycles. The molecule has 3 rings (SSSR count). The molecule has 0 radical (unpaired) electrons. The van der Waals surface area contributed by atoms with E-state index in [4.69, 9.17) is 0 Å². The van der Waals surface area contributed by atoms with Crippen molar-refractivity contribution in [3.8, 4) is 0 Å². The van der Waals surface area contributed by atoms with Gasteiger partial charge in [0.05, 0.1) is 0 Å². The van der Waals surface area contributed by atoms with Crippen molar-refractivity contribution in [3.05, 3.63) is 53.5 Å². The van der Waals surface area contributed by atoms with Crippen LogP contribution < -0.4 is 5.32 Å². The molecule has 2 aromatic heterocycles. The standard InChI is InChI=1S/C13H11F2N5/c1-8-4-12(20-13(19-8)17-7-18-20)16-6-9-2-3-10(14)11(15)5-9/h2-5,7,16H,6H2,1H3. The van der Waals surface area contributed by atoms with Gasteiger partial charge in [-0.15, -0.1) is 0 Å². The van der Waals surface area contributed by atoms with Crippen molar-refractivity contribution in [3.63, 3.8) is 0 Å². The maximum Gasteiger partial charge on any atom is 0.254 e. The molecule has 0 amide bonds. The Hall–Kier alpha value is -2.57. The Bertz CT molecular complexity index is 769. The van der Waals surface area contributed by atoms with Gasteiger partial charge in [0.1, 0.15) is 12.1 Å². The van der Waals surface area contributed by atoms with Gasteiger partial charge in [-0.3, -0.25) is 0 Å². The van der Waals surface area contributed by atoms with Crippen LogP contribution in [0.25, 0.3) is 5.78 Å². The maximum atomic E-state index is 13.1. The Labute approximate surface area is 113 Å². The van der Waals surface area contributed by atoms with E-state index < -0.39 is 11.6 Å². The van der Waals surface area contributed by atoms with Crippen LogP contribution >= 0.6 is 0 Å². The molecule has 1 N–H and O–H groups in total. The fraction of sp³-hybridized carbons (Fsp3) is 0.154. The molecule has 0 unspecified atom stereocenters. The number of anilines is 1. The summed E-state index contributed by atoms with van der Waals surface area (Å²) in [4.78, 5) is 8.23. The molecular weight excluding hydrogens is 264 g/mol. The monoisotopic (exact) mass is 275 g/mol. The van der Waals surface area contributed by atoms with Crippen molar-refractivity contribution in [1.29, 1.82) is 0 Å². The van der Waals surface area contributed by atoms with Crippen LogP contribution in [0.15, 0.2) is 30.6 Å². The first kappa shape index (κ1) is 12.5. The second kappa shape index (κ2) is 4.84. The molecule has 7 heteroatoms. The van der Waals surface area contributed by atoms with Gasteiger partial charge in [-0.2, -0.15) is 14.6 Å². The largest absolute Gasteiger partial charge is 0.366 e. The number of aromatic nitrogens is 4. The van der Waals surface area contributed by atoms with Crippen LogP contribution in [-0.2, 0) is 6.54 Å². The van der Waals surface area contributed by atoms with Crippen molar-refractivity contribution >= 4 is 11.6 Å². The summed E-state index contributed by atoms with van der Waals surface area (Å²) in [6.07, 6.45) is 1.41. The van der Waals surface area contributed by atoms with E-state index in [-0.39, 0.29) is 0 Å². The van der Waals surface area contributed by atoms with Gasteiger partial charge in [0.15, 0.2) is 11.6 Å². The highest BCUT2D eigenvalue weighted by Crippen LogP contribution is 2.13. The fourth-order valence-electron chi connectivity index (χ4n) is 1.90. The average Bonchev–Trinajstić information content (AvgIpc) is 2.88. The van der Waals surface area contributed by atoms with Crippen LogP contribution in [-0.4, -0.2) is 19.6 Å². The molecule has 102 valence electrons. The van der Waals surface area contributed by atoms with E-state index in [1.165, 1.54) is 12.4 Å². The van der Waals surface area contributed by atoms with Crippen LogP contribution in [0.3, 0.4) is 0 Å². The first-order chi connectivity index (χ1) is 9.63. The summed E-state index contributed by atoms with van der Waals surface area (Å²) < 4.78 is 27.5. The van der Waals surface area contributed by atoms with E-state index in [9.17, 15) is 8.78 Å². The lowest BCUT2D eigenvalue weighted by atomic mass is 10.2. The van der Waals surface area contributed by atoms with E-state index in [1.54, 1.807) is 4.52 Å². The first-order valence-corrected chi connectivity index (χ1v) is 5.98. The van der Waals surface area contributed by atoms with E-state index >= 15 is 0 Å². The van der Waals surface area contributed by atoms with Crippen molar-refractivity contribution in [1.82, 2.24) is 19.6 Å². The minimum absolute atomic E-state index is 0.343. The van der Waals surface area contributed by atoms with Gasteiger partial charge >= 0.3 is 0 Å². The lowest BCUT2D eigenvalue weighted by Crippen LogP contribution is -2.07. The van der Waals surface area contributed by atoms with Crippen molar-refractivity contribution < 1.29 is 8.78 Å². The van der Waals surface area contributed by atoms with Crippen LogP contribution in [0.2, 0.25) is 0 Å². The van der Waals surface area contributed by atoms with E-state index in [0.717, 1.165) is 17.8 Å². The molecule has 0 saturated carbocycles. The molecule has 0 spiro atoms.